The number of phenolic OH excluding ortho intramolecular Hbond substituents is 6. The SMILES string of the molecule is COC(=O)c1ccc(O)c2nc3c(CN(C)C)c(O)c(-c4c(O)c(CN(C)C)c5nc6c(O)ccc(C(=O)OC)c6nc5c4O)c(O)c3nc12. The number of rotatable bonds is 7. The number of phenols is 6. The van der Waals surface area contributed by atoms with Crippen LogP contribution in [0.2, 0.25) is 0 Å². The lowest BCUT2D eigenvalue weighted by molar-refractivity contribution is 0.0593. The highest BCUT2D eigenvalue weighted by Gasteiger charge is 2.32. The first-order valence-electron chi connectivity index (χ1n) is 15.0. The summed E-state index contributed by atoms with van der Waals surface area (Å²) in [6.07, 6.45) is 0. The number of nitrogens with zero attached hydrogens (tertiary/aromatic N) is 6. The molecule has 0 fully saturated rings. The van der Waals surface area contributed by atoms with Gasteiger partial charge in [-0.2, -0.15) is 0 Å². The Balaban J connectivity index is 1.81. The fourth-order valence-electron chi connectivity index (χ4n) is 5.94. The molecular formula is C34H32N6O10. The Morgan fingerprint density at radius 1 is 0.520 bits per heavy atom. The van der Waals surface area contributed by atoms with E-state index in [-0.39, 0.29) is 91.0 Å². The van der Waals surface area contributed by atoms with Crippen molar-refractivity contribution in [2.24, 2.45) is 0 Å². The molecule has 6 N–H and O–H groups in total. The molecule has 0 spiro atoms. The van der Waals surface area contributed by atoms with Crippen molar-refractivity contribution in [1.82, 2.24) is 29.7 Å². The van der Waals surface area contributed by atoms with Gasteiger partial charge in [0.15, 0.2) is 11.5 Å². The Hall–Kier alpha value is -6.26. The van der Waals surface area contributed by atoms with Crippen molar-refractivity contribution in [3.63, 3.8) is 0 Å². The van der Waals surface area contributed by atoms with Crippen LogP contribution in [0.3, 0.4) is 0 Å². The first-order valence-corrected chi connectivity index (χ1v) is 15.0. The molecule has 16 nitrogen and oxygen atoms in total. The van der Waals surface area contributed by atoms with Crippen molar-refractivity contribution >= 4 is 56.1 Å². The molecule has 4 aromatic carbocycles. The molecule has 16 heteroatoms. The molecule has 50 heavy (non-hydrogen) atoms. The van der Waals surface area contributed by atoms with Crippen LogP contribution in [0.5, 0.6) is 34.5 Å². The van der Waals surface area contributed by atoms with E-state index >= 15 is 0 Å². The summed E-state index contributed by atoms with van der Waals surface area (Å²) < 4.78 is 9.75. The third-order valence-electron chi connectivity index (χ3n) is 8.15. The third-order valence-corrected chi connectivity index (χ3v) is 8.15. The maximum atomic E-state index is 12.6. The molecule has 6 rings (SSSR count). The maximum absolute atomic E-state index is 12.6. The molecule has 258 valence electrons. The first kappa shape index (κ1) is 33.6. The number of methoxy groups -OCH3 is 2. The van der Waals surface area contributed by atoms with Crippen molar-refractivity contribution < 1.29 is 49.7 Å². The largest absolute Gasteiger partial charge is 0.507 e. The molecule has 0 aliphatic heterocycles. The van der Waals surface area contributed by atoms with Crippen molar-refractivity contribution in [2.45, 2.75) is 13.1 Å². The zero-order chi connectivity index (χ0) is 36.3. The number of ether oxygens (including phenoxy) is 2. The van der Waals surface area contributed by atoms with E-state index in [0.29, 0.717) is 0 Å². The maximum Gasteiger partial charge on any atom is 0.340 e. The summed E-state index contributed by atoms with van der Waals surface area (Å²) in [5, 5.41) is 68.9. The smallest absolute Gasteiger partial charge is 0.340 e. The summed E-state index contributed by atoms with van der Waals surface area (Å²) in [5.41, 5.74) is -1.91. The standard InChI is InChI=1S/C34H32N6O10/c1-39(2)11-15-23-27(37-21-13(33(47)49-5)7-9-17(41)25(21)35-23)31(45)19(29(15)43)20-30(44)16(12-40(3)4)24-28(32(20)46)38-22-14(34(48)50-6)8-10-18(42)26(22)36-24/h7-10,41-46H,11-12H2,1-6H3. The Bertz CT molecular complexity index is 2260. The van der Waals surface area contributed by atoms with Crippen molar-refractivity contribution in [2.75, 3.05) is 42.4 Å². The van der Waals surface area contributed by atoms with Crippen LogP contribution in [0.4, 0.5) is 0 Å². The number of aromatic hydroxyl groups is 6. The normalized spacial score (nSPS) is 11.8. The molecular weight excluding hydrogens is 652 g/mol. The summed E-state index contributed by atoms with van der Waals surface area (Å²) in [7, 11) is 9.14. The van der Waals surface area contributed by atoms with Gasteiger partial charge in [-0.25, -0.2) is 29.5 Å². The molecule has 0 saturated carbocycles. The van der Waals surface area contributed by atoms with Crippen LogP contribution >= 0.6 is 0 Å². The number of carbonyl (C=O) groups is 2. The number of esters is 2. The fraction of sp³-hybridized carbons (Fsp3) is 0.235. The minimum atomic E-state index is -0.794. The Morgan fingerprint density at radius 2 is 0.860 bits per heavy atom. The molecule has 2 heterocycles. The first-order chi connectivity index (χ1) is 23.7. The average Bonchev–Trinajstić information content (AvgIpc) is 3.08. The molecule has 0 atom stereocenters. The molecule has 0 radical (unpaired) electrons. The van der Waals surface area contributed by atoms with E-state index < -0.39 is 46.1 Å². The number of carbonyl (C=O) groups excluding carboxylic acids is 2. The van der Waals surface area contributed by atoms with Gasteiger partial charge in [-0.3, -0.25) is 0 Å². The van der Waals surface area contributed by atoms with Crippen LogP contribution in [-0.2, 0) is 22.6 Å². The van der Waals surface area contributed by atoms with Gasteiger partial charge in [0, 0.05) is 24.2 Å². The summed E-state index contributed by atoms with van der Waals surface area (Å²) in [6, 6.07) is 5.03. The molecule has 6 aromatic rings. The summed E-state index contributed by atoms with van der Waals surface area (Å²) in [5.74, 6) is -4.92. The second-order valence-corrected chi connectivity index (χ2v) is 12.1. The van der Waals surface area contributed by atoms with Crippen LogP contribution < -0.4 is 0 Å². The van der Waals surface area contributed by atoms with Gasteiger partial charge >= 0.3 is 11.9 Å². The van der Waals surface area contributed by atoms with Crippen molar-refractivity contribution in [3.05, 3.63) is 46.5 Å². The van der Waals surface area contributed by atoms with Gasteiger partial charge in [0.2, 0.25) is 0 Å². The van der Waals surface area contributed by atoms with E-state index in [1.54, 1.807) is 38.0 Å². The third kappa shape index (κ3) is 5.17. The molecule has 0 bridgehead atoms. The second-order valence-electron chi connectivity index (χ2n) is 12.1. The number of benzene rings is 4. The predicted octanol–water partition coefficient (Wildman–Crippen LogP) is 3.48. The van der Waals surface area contributed by atoms with Crippen LogP contribution in [0.25, 0.3) is 55.3 Å². The van der Waals surface area contributed by atoms with E-state index in [4.69, 9.17) is 9.47 Å². The van der Waals surface area contributed by atoms with Gasteiger partial charge in [-0.15, -0.1) is 0 Å². The summed E-state index contributed by atoms with van der Waals surface area (Å²) in [6.45, 7) is -0.00174. The van der Waals surface area contributed by atoms with Gasteiger partial charge in [0.1, 0.15) is 67.1 Å². The summed E-state index contributed by atoms with van der Waals surface area (Å²) in [4.78, 5) is 46.7. The highest BCUT2D eigenvalue weighted by Crippen LogP contribution is 2.54. The van der Waals surface area contributed by atoms with Crippen molar-refractivity contribution in [1.29, 1.82) is 0 Å². The van der Waals surface area contributed by atoms with E-state index in [0.717, 1.165) is 14.2 Å². The van der Waals surface area contributed by atoms with Gasteiger partial charge in [-0.05, 0) is 52.5 Å². The van der Waals surface area contributed by atoms with E-state index in [2.05, 4.69) is 19.9 Å². The lowest BCUT2D eigenvalue weighted by Gasteiger charge is -2.22. The van der Waals surface area contributed by atoms with Gasteiger partial charge < -0.3 is 49.9 Å². The Labute approximate surface area is 283 Å². The topological polar surface area (TPSA) is 232 Å². The lowest BCUT2D eigenvalue weighted by atomic mass is 9.93. The molecule has 0 saturated heterocycles. The zero-order valence-electron chi connectivity index (χ0n) is 27.7. The van der Waals surface area contributed by atoms with Crippen LogP contribution in [0.15, 0.2) is 24.3 Å². The second kappa shape index (κ2) is 12.3. The van der Waals surface area contributed by atoms with Crippen LogP contribution in [-0.4, -0.2) is 115 Å². The van der Waals surface area contributed by atoms with Gasteiger partial charge in [0.25, 0.3) is 0 Å². The quantitative estimate of drug-likeness (QED) is 0.104. The lowest BCUT2D eigenvalue weighted by Crippen LogP contribution is -2.13. The van der Waals surface area contributed by atoms with Crippen LogP contribution in [0.1, 0.15) is 31.8 Å². The van der Waals surface area contributed by atoms with Crippen LogP contribution in [0, 0.1) is 0 Å². The summed E-state index contributed by atoms with van der Waals surface area (Å²) >= 11 is 0. The molecule has 2 aromatic heterocycles. The average molecular weight is 685 g/mol. The molecule has 0 unspecified atom stereocenters. The fourth-order valence-corrected chi connectivity index (χ4v) is 5.94. The monoisotopic (exact) mass is 684 g/mol. The highest BCUT2D eigenvalue weighted by atomic mass is 16.5. The van der Waals surface area contributed by atoms with Crippen molar-refractivity contribution in [3.8, 4) is 45.6 Å². The van der Waals surface area contributed by atoms with Gasteiger partial charge in [-0.1, -0.05) is 0 Å². The number of hydrogen-bond acceptors (Lipinski definition) is 16. The van der Waals surface area contributed by atoms with Gasteiger partial charge in [0.05, 0.1) is 36.5 Å². The minimum Gasteiger partial charge on any atom is -0.507 e. The Kier molecular flexibility index (Phi) is 8.29. The minimum absolute atomic E-state index is 0.000869. The van der Waals surface area contributed by atoms with E-state index in [1.165, 1.54) is 24.3 Å². The Morgan fingerprint density at radius 3 is 1.18 bits per heavy atom. The zero-order valence-corrected chi connectivity index (χ0v) is 27.7. The molecule has 0 aliphatic carbocycles. The number of fused-ring (bicyclic) bond motifs is 4. The predicted molar refractivity (Wildman–Crippen MR) is 181 cm³/mol. The number of hydrogen-bond donors (Lipinski definition) is 6. The number of aromatic nitrogens is 4. The molecule has 0 aliphatic rings. The highest BCUT2D eigenvalue weighted by molar-refractivity contribution is 6.10. The van der Waals surface area contributed by atoms with E-state index in [1.807, 2.05) is 0 Å². The molecule has 0 amide bonds. The van der Waals surface area contributed by atoms with E-state index in [9.17, 15) is 40.2 Å².